The quantitative estimate of drug-likeness (QED) is 0.346. The number of azo groups is 1. The Bertz CT molecular complexity index is 1120. The van der Waals surface area contributed by atoms with Gasteiger partial charge in [-0.25, -0.2) is 4.98 Å². The number of aromatic nitrogens is 2. The molecule has 0 fully saturated rings. The van der Waals surface area contributed by atoms with Gasteiger partial charge in [-0.1, -0.05) is 35.5 Å². The van der Waals surface area contributed by atoms with E-state index in [1.54, 1.807) is 18.2 Å². The number of para-hydroxylation sites is 1. The first kappa shape index (κ1) is 17.0. The van der Waals surface area contributed by atoms with Gasteiger partial charge in [0.2, 0.25) is 5.88 Å². The first-order valence-electron chi connectivity index (χ1n) is 7.53. The Morgan fingerprint density at radius 2 is 2.15 bits per heavy atom. The van der Waals surface area contributed by atoms with E-state index in [1.807, 2.05) is 24.3 Å². The molecule has 1 amide bonds. The number of rotatable bonds is 4. The molecule has 0 unspecified atom stereocenters. The van der Waals surface area contributed by atoms with Gasteiger partial charge in [-0.15, -0.1) is 21.6 Å². The van der Waals surface area contributed by atoms with Crippen molar-refractivity contribution in [1.82, 2.24) is 9.97 Å². The molecule has 0 aliphatic rings. The highest BCUT2D eigenvalue weighted by atomic mass is 35.5. The summed E-state index contributed by atoms with van der Waals surface area (Å²) in [6.07, 6.45) is 0. The molecule has 4 aromatic rings. The first-order valence-corrected chi connectivity index (χ1v) is 9.71. The third-order valence-corrected chi connectivity index (χ3v) is 5.97. The SMILES string of the molecule is O=C(CSc1nc2ccccc2s1)N=Nc1c(O)[nH]c2ccc(Cl)cc12. The van der Waals surface area contributed by atoms with Crippen molar-refractivity contribution in [3.8, 4) is 5.88 Å². The summed E-state index contributed by atoms with van der Waals surface area (Å²) in [6, 6.07) is 12.9. The molecular weight excluding hydrogens is 392 g/mol. The molecule has 0 bridgehead atoms. The Balaban J connectivity index is 1.47. The molecule has 0 radical (unpaired) electrons. The number of thioether (sulfide) groups is 1. The summed E-state index contributed by atoms with van der Waals surface area (Å²) in [7, 11) is 0. The van der Waals surface area contributed by atoms with Crippen LogP contribution in [0, 0.1) is 0 Å². The molecule has 0 spiro atoms. The van der Waals surface area contributed by atoms with Gasteiger partial charge in [0.1, 0.15) is 0 Å². The monoisotopic (exact) mass is 402 g/mol. The van der Waals surface area contributed by atoms with Crippen LogP contribution in [0.15, 0.2) is 57.0 Å². The van der Waals surface area contributed by atoms with E-state index in [9.17, 15) is 9.90 Å². The average molecular weight is 403 g/mol. The van der Waals surface area contributed by atoms with Crippen molar-refractivity contribution in [3.63, 3.8) is 0 Å². The molecule has 2 aromatic carbocycles. The molecule has 2 N–H and O–H groups in total. The van der Waals surface area contributed by atoms with Gasteiger partial charge < -0.3 is 10.1 Å². The number of hydrogen-bond acceptors (Lipinski definition) is 6. The van der Waals surface area contributed by atoms with Crippen LogP contribution in [0.5, 0.6) is 5.88 Å². The minimum absolute atomic E-state index is 0.118. The van der Waals surface area contributed by atoms with Crippen molar-refractivity contribution in [2.24, 2.45) is 10.2 Å². The molecular formula is C17H11ClN4O2S2. The second-order valence-electron chi connectivity index (χ2n) is 5.34. The van der Waals surface area contributed by atoms with Crippen molar-refractivity contribution >= 4 is 67.4 Å². The Morgan fingerprint density at radius 3 is 3.00 bits per heavy atom. The van der Waals surface area contributed by atoms with E-state index in [-0.39, 0.29) is 17.3 Å². The normalized spacial score (nSPS) is 11.7. The second kappa shape index (κ2) is 7.06. The van der Waals surface area contributed by atoms with Crippen LogP contribution in [-0.4, -0.2) is 26.7 Å². The van der Waals surface area contributed by atoms with Crippen molar-refractivity contribution in [2.45, 2.75) is 4.34 Å². The molecule has 0 aliphatic heterocycles. The number of nitrogens with zero attached hydrogens (tertiary/aromatic N) is 3. The van der Waals surface area contributed by atoms with Crippen LogP contribution in [-0.2, 0) is 4.79 Å². The molecule has 4 rings (SSSR count). The summed E-state index contributed by atoms with van der Waals surface area (Å²) in [5.74, 6) is -0.449. The second-order valence-corrected chi connectivity index (χ2v) is 8.03. The van der Waals surface area contributed by atoms with Crippen molar-refractivity contribution < 1.29 is 9.90 Å². The smallest absolute Gasteiger partial charge is 0.274 e. The zero-order chi connectivity index (χ0) is 18.1. The maximum atomic E-state index is 12.0. The fraction of sp³-hybridized carbons (Fsp3) is 0.0588. The van der Waals surface area contributed by atoms with E-state index >= 15 is 0 Å². The van der Waals surface area contributed by atoms with Crippen LogP contribution < -0.4 is 0 Å². The summed E-state index contributed by atoms with van der Waals surface area (Å²) < 4.78 is 1.88. The lowest BCUT2D eigenvalue weighted by Crippen LogP contribution is -1.94. The standard InChI is InChI=1S/C17H11ClN4O2S2/c18-9-5-6-11-10(7-9)15(16(24)19-11)22-21-14(23)8-25-17-20-12-3-1-2-4-13(12)26-17/h1-7,19,24H,8H2. The third-order valence-electron chi connectivity index (χ3n) is 3.57. The lowest BCUT2D eigenvalue weighted by atomic mass is 10.2. The number of benzene rings is 2. The Kier molecular flexibility index (Phi) is 4.62. The molecule has 0 aliphatic carbocycles. The van der Waals surface area contributed by atoms with Gasteiger partial charge in [0, 0.05) is 10.4 Å². The van der Waals surface area contributed by atoms with Crippen LogP contribution >= 0.6 is 34.7 Å². The zero-order valence-electron chi connectivity index (χ0n) is 13.1. The average Bonchev–Trinajstić information content (AvgIpc) is 3.18. The largest absolute Gasteiger partial charge is 0.493 e. The summed E-state index contributed by atoms with van der Waals surface area (Å²) in [4.78, 5) is 19.2. The van der Waals surface area contributed by atoms with Crippen LogP contribution in [0.1, 0.15) is 0 Å². The molecule has 0 atom stereocenters. The van der Waals surface area contributed by atoms with Gasteiger partial charge in [0.25, 0.3) is 5.91 Å². The number of thiazole rings is 1. The lowest BCUT2D eigenvalue weighted by molar-refractivity contribution is -0.115. The number of nitrogens with one attached hydrogen (secondary N) is 1. The summed E-state index contributed by atoms with van der Waals surface area (Å²) in [5.41, 5.74) is 1.77. The number of H-pyrrole nitrogens is 1. The number of halogens is 1. The number of carbonyl (C=O) groups excluding carboxylic acids is 1. The Labute approximate surface area is 160 Å². The number of fused-ring (bicyclic) bond motifs is 2. The van der Waals surface area contributed by atoms with E-state index < -0.39 is 5.91 Å². The summed E-state index contributed by atoms with van der Waals surface area (Å²) in [6.45, 7) is 0. The van der Waals surface area contributed by atoms with Crippen LogP contribution in [0.4, 0.5) is 5.69 Å². The third kappa shape index (κ3) is 3.44. The molecule has 6 nitrogen and oxygen atoms in total. The van der Waals surface area contributed by atoms with Crippen molar-refractivity contribution in [3.05, 3.63) is 47.5 Å². The van der Waals surface area contributed by atoms with E-state index in [2.05, 4.69) is 20.2 Å². The molecule has 2 heterocycles. The van der Waals surface area contributed by atoms with E-state index in [4.69, 9.17) is 11.6 Å². The molecule has 0 saturated carbocycles. The lowest BCUT2D eigenvalue weighted by Gasteiger charge is -1.94. The minimum atomic E-state index is -0.412. The summed E-state index contributed by atoms with van der Waals surface area (Å²) in [5, 5.41) is 18.6. The molecule has 0 saturated heterocycles. The molecule has 26 heavy (non-hydrogen) atoms. The topological polar surface area (TPSA) is 90.7 Å². The fourth-order valence-corrected chi connectivity index (χ4v) is 4.43. The van der Waals surface area contributed by atoms with Crippen molar-refractivity contribution in [1.29, 1.82) is 0 Å². The van der Waals surface area contributed by atoms with E-state index in [1.165, 1.54) is 23.1 Å². The van der Waals surface area contributed by atoms with E-state index in [0.717, 1.165) is 14.6 Å². The predicted molar refractivity (Wildman–Crippen MR) is 105 cm³/mol. The van der Waals surface area contributed by atoms with Gasteiger partial charge in [-0.3, -0.25) is 4.79 Å². The number of carbonyl (C=O) groups is 1. The van der Waals surface area contributed by atoms with E-state index in [0.29, 0.717) is 15.9 Å². The molecule has 2 aromatic heterocycles. The van der Waals surface area contributed by atoms with Crippen LogP contribution in [0.2, 0.25) is 5.02 Å². The number of amides is 1. The highest BCUT2D eigenvalue weighted by Crippen LogP contribution is 2.37. The van der Waals surface area contributed by atoms with Crippen LogP contribution in [0.3, 0.4) is 0 Å². The molecule has 9 heteroatoms. The van der Waals surface area contributed by atoms with Gasteiger partial charge in [0.05, 0.1) is 21.5 Å². The summed E-state index contributed by atoms with van der Waals surface area (Å²) >= 11 is 8.81. The van der Waals surface area contributed by atoms with Gasteiger partial charge >= 0.3 is 0 Å². The van der Waals surface area contributed by atoms with Gasteiger partial charge in [-0.05, 0) is 30.3 Å². The maximum absolute atomic E-state index is 12.0. The highest BCUT2D eigenvalue weighted by molar-refractivity contribution is 8.01. The maximum Gasteiger partial charge on any atom is 0.274 e. The number of aromatic amines is 1. The van der Waals surface area contributed by atoms with Crippen LogP contribution in [0.25, 0.3) is 21.1 Å². The van der Waals surface area contributed by atoms with Gasteiger partial charge in [0.15, 0.2) is 10.0 Å². The highest BCUT2D eigenvalue weighted by Gasteiger charge is 2.12. The first-order chi connectivity index (χ1) is 12.6. The van der Waals surface area contributed by atoms with Gasteiger partial charge in [-0.2, -0.15) is 0 Å². The van der Waals surface area contributed by atoms with Crippen molar-refractivity contribution in [2.75, 3.05) is 5.75 Å². The number of hydrogen-bond donors (Lipinski definition) is 2. The molecule has 130 valence electrons. The minimum Gasteiger partial charge on any atom is -0.493 e. The number of aromatic hydroxyl groups is 1. The fourth-order valence-electron chi connectivity index (χ4n) is 2.41. The Hall–Kier alpha value is -2.42. The predicted octanol–water partition coefficient (Wildman–Crippen LogP) is 5.54. The Morgan fingerprint density at radius 1 is 1.31 bits per heavy atom. The zero-order valence-corrected chi connectivity index (χ0v) is 15.5.